The third-order valence-corrected chi connectivity index (χ3v) is 3.68. The highest BCUT2D eigenvalue weighted by Crippen LogP contribution is 2.11. The Morgan fingerprint density at radius 2 is 2.00 bits per heavy atom. The number of carbonyl (C=O) groups is 1. The zero-order valence-electron chi connectivity index (χ0n) is 11.6. The van der Waals surface area contributed by atoms with Crippen LogP contribution in [0.2, 0.25) is 0 Å². The minimum absolute atomic E-state index is 0. The van der Waals surface area contributed by atoms with E-state index < -0.39 is 6.04 Å². The molecule has 21 heavy (non-hydrogen) atoms. The normalized spacial score (nSPS) is 11.0. The lowest BCUT2D eigenvalue weighted by molar-refractivity contribution is -0.122. The molecule has 2 aromatic rings. The van der Waals surface area contributed by atoms with Gasteiger partial charge >= 0.3 is 0 Å². The fourth-order valence-corrected chi connectivity index (χ4v) is 2.32. The molecule has 1 unspecified atom stereocenters. The highest BCUT2D eigenvalue weighted by atomic mass is 35.5. The fraction of sp³-hybridized carbons (Fsp3) is 0.286. The van der Waals surface area contributed by atoms with Gasteiger partial charge in [0.2, 0.25) is 5.91 Å². The SMILES string of the molecule is Cc1ccc(C(N)C(=O)NCCc2nccs2)cc1.Cl.Cl. The summed E-state index contributed by atoms with van der Waals surface area (Å²) in [5.41, 5.74) is 7.91. The van der Waals surface area contributed by atoms with Gasteiger partial charge in [-0.1, -0.05) is 29.8 Å². The van der Waals surface area contributed by atoms with Gasteiger partial charge in [-0.3, -0.25) is 4.79 Å². The highest BCUT2D eigenvalue weighted by Gasteiger charge is 2.14. The number of benzene rings is 1. The molecule has 1 aromatic carbocycles. The van der Waals surface area contributed by atoms with Gasteiger partial charge in [0.05, 0.1) is 5.01 Å². The number of halogens is 2. The van der Waals surface area contributed by atoms with E-state index in [9.17, 15) is 4.79 Å². The Hall–Kier alpha value is -1.14. The van der Waals surface area contributed by atoms with Crippen LogP contribution in [0.25, 0.3) is 0 Å². The minimum atomic E-state index is -0.614. The number of hydrogen-bond donors (Lipinski definition) is 2. The van der Waals surface area contributed by atoms with Crippen LogP contribution in [0.3, 0.4) is 0 Å². The molecule has 7 heteroatoms. The van der Waals surface area contributed by atoms with E-state index in [1.165, 1.54) is 0 Å². The molecule has 0 aliphatic carbocycles. The Morgan fingerprint density at radius 3 is 2.57 bits per heavy atom. The van der Waals surface area contributed by atoms with E-state index >= 15 is 0 Å². The first-order chi connectivity index (χ1) is 9.16. The van der Waals surface area contributed by atoms with Gasteiger partial charge < -0.3 is 11.1 Å². The Balaban J connectivity index is 0.00000200. The van der Waals surface area contributed by atoms with E-state index in [0.29, 0.717) is 6.54 Å². The van der Waals surface area contributed by atoms with Gasteiger partial charge in [-0.25, -0.2) is 4.98 Å². The Morgan fingerprint density at radius 1 is 1.33 bits per heavy atom. The van der Waals surface area contributed by atoms with E-state index in [-0.39, 0.29) is 30.7 Å². The van der Waals surface area contributed by atoms with Crippen LogP contribution >= 0.6 is 36.2 Å². The Labute approximate surface area is 141 Å². The number of nitrogens with zero attached hydrogens (tertiary/aromatic N) is 1. The van der Waals surface area contributed by atoms with Crippen LogP contribution in [0.1, 0.15) is 22.2 Å². The zero-order valence-corrected chi connectivity index (χ0v) is 14.1. The lowest BCUT2D eigenvalue weighted by Gasteiger charge is -2.12. The summed E-state index contributed by atoms with van der Waals surface area (Å²) in [5, 5.41) is 5.78. The van der Waals surface area contributed by atoms with E-state index in [4.69, 9.17) is 5.73 Å². The molecule has 0 aliphatic heterocycles. The number of carbonyl (C=O) groups excluding carboxylic acids is 1. The Kier molecular flexibility index (Phi) is 9.21. The van der Waals surface area contributed by atoms with E-state index in [1.807, 2.05) is 36.6 Å². The number of amides is 1. The predicted octanol–water partition coefficient (Wildman–Crippen LogP) is 2.65. The van der Waals surface area contributed by atoms with E-state index in [1.54, 1.807) is 17.5 Å². The van der Waals surface area contributed by atoms with Crippen LogP contribution in [0.4, 0.5) is 0 Å². The summed E-state index contributed by atoms with van der Waals surface area (Å²) in [4.78, 5) is 16.1. The van der Waals surface area contributed by atoms with E-state index in [0.717, 1.165) is 22.6 Å². The predicted molar refractivity (Wildman–Crippen MR) is 91.4 cm³/mol. The lowest BCUT2D eigenvalue weighted by atomic mass is 10.1. The maximum absolute atomic E-state index is 11.9. The topological polar surface area (TPSA) is 68.0 Å². The number of rotatable bonds is 5. The van der Waals surface area contributed by atoms with Crippen molar-refractivity contribution in [3.8, 4) is 0 Å². The molecule has 0 bridgehead atoms. The van der Waals surface area contributed by atoms with E-state index in [2.05, 4.69) is 10.3 Å². The molecule has 0 radical (unpaired) electrons. The van der Waals surface area contributed by atoms with Gasteiger partial charge in [0.1, 0.15) is 6.04 Å². The molecule has 1 aromatic heterocycles. The molecule has 2 rings (SSSR count). The van der Waals surface area contributed by atoms with Crippen molar-refractivity contribution in [3.63, 3.8) is 0 Å². The molecule has 0 spiro atoms. The summed E-state index contributed by atoms with van der Waals surface area (Å²) in [7, 11) is 0. The summed E-state index contributed by atoms with van der Waals surface area (Å²) in [5.74, 6) is -0.152. The number of aromatic nitrogens is 1. The van der Waals surface area contributed by atoms with Gasteiger partial charge in [0.25, 0.3) is 0 Å². The van der Waals surface area contributed by atoms with Crippen molar-refractivity contribution in [2.75, 3.05) is 6.54 Å². The van der Waals surface area contributed by atoms with Crippen LogP contribution in [0.5, 0.6) is 0 Å². The molecule has 116 valence electrons. The van der Waals surface area contributed by atoms with Crippen LogP contribution < -0.4 is 11.1 Å². The number of aryl methyl sites for hydroxylation is 1. The first kappa shape index (κ1) is 19.9. The molecular formula is C14H19Cl2N3OS. The quantitative estimate of drug-likeness (QED) is 0.873. The van der Waals surface area contributed by atoms with Crippen molar-refractivity contribution in [3.05, 3.63) is 52.0 Å². The second-order valence-corrected chi connectivity index (χ2v) is 5.33. The standard InChI is InChI=1S/C14H17N3OS.2ClH/c1-10-2-4-11(5-3-10)13(15)14(18)17-7-6-12-16-8-9-19-12;;/h2-5,8-9,13H,6-7,15H2,1H3,(H,17,18);2*1H. The fourth-order valence-electron chi connectivity index (χ4n) is 1.70. The van der Waals surface area contributed by atoms with Crippen molar-refractivity contribution in [2.24, 2.45) is 5.73 Å². The number of hydrogen-bond acceptors (Lipinski definition) is 4. The molecule has 1 amide bonds. The largest absolute Gasteiger partial charge is 0.354 e. The van der Waals surface area contributed by atoms with Gasteiger partial charge in [-0.2, -0.15) is 0 Å². The zero-order chi connectivity index (χ0) is 13.7. The summed E-state index contributed by atoms with van der Waals surface area (Å²) < 4.78 is 0. The second-order valence-electron chi connectivity index (χ2n) is 4.36. The van der Waals surface area contributed by atoms with Gasteiger partial charge in [0.15, 0.2) is 0 Å². The van der Waals surface area contributed by atoms with Gasteiger partial charge in [-0.05, 0) is 12.5 Å². The molecule has 0 saturated heterocycles. The third-order valence-electron chi connectivity index (χ3n) is 2.84. The molecule has 1 atom stereocenters. The second kappa shape index (κ2) is 9.73. The first-order valence-electron chi connectivity index (χ1n) is 6.15. The maximum Gasteiger partial charge on any atom is 0.241 e. The van der Waals surface area contributed by atoms with Crippen molar-refractivity contribution in [2.45, 2.75) is 19.4 Å². The third kappa shape index (κ3) is 6.01. The molecule has 0 aliphatic rings. The van der Waals surface area contributed by atoms with Crippen LogP contribution in [0.15, 0.2) is 35.8 Å². The van der Waals surface area contributed by atoms with Crippen molar-refractivity contribution >= 4 is 42.1 Å². The first-order valence-corrected chi connectivity index (χ1v) is 7.03. The van der Waals surface area contributed by atoms with Crippen molar-refractivity contribution < 1.29 is 4.79 Å². The molecule has 4 nitrogen and oxygen atoms in total. The number of thiazole rings is 1. The number of nitrogens with two attached hydrogens (primary N) is 1. The Bertz CT molecular complexity index is 532. The van der Waals surface area contributed by atoms with Crippen LogP contribution in [0, 0.1) is 6.92 Å². The number of nitrogens with one attached hydrogen (secondary N) is 1. The molecule has 0 saturated carbocycles. The molecular weight excluding hydrogens is 329 g/mol. The monoisotopic (exact) mass is 347 g/mol. The smallest absolute Gasteiger partial charge is 0.241 e. The maximum atomic E-state index is 11.9. The lowest BCUT2D eigenvalue weighted by Crippen LogP contribution is -2.35. The van der Waals surface area contributed by atoms with Gasteiger partial charge in [-0.15, -0.1) is 36.2 Å². The minimum Gasteiger partial charge on any atom is -0.354 e. The average molecular weight is 348 g/mol. The van der Waals surface area contributed by atoms with Crippen LogP contribution in [-0.2, 0) is 11.2 Å². The van der Waals surface area contributed by atoms with Crippen molar-refractivity contribution in [1.29, 1.82) is 0 Å². The summed E-state index contributed by atoms with van der Waals surface area (Å²) in [6.45, 7) is 2.56. The molecule has 0 fully saturated rings. The van der Waals surface area contributed by atoms with Crippen molar-refractivity contribution in [1.82, 2.24) is 10.3 Å². The molecule has 3 N–H and O–H groups in total. The highest BCUT2D eigenvalue weighted by molar-refractivity contribution is 7.09. The average Bonchev–Trinajstić information content (AvgIpc) is 2.92. The molecule has 1 heterocycles. The van der Waals surface area contributed by atoms with Crippen LogP contribution in [-0.4, -0.2) is 17.4 Å². The summed E-state index contributed by atoms with van der Waals surface area (Å²) in [6.07, 6.45) is 2.50. The summed E-state index contributed by atoms with van der Waals surface area (Å²) >= 11 is 1.59. The summed E-state index contributed by atoms with van der Waals surface area (Å²) in [6, 6.07) is 7.08. The van der Waals surface area contributed by atoms with Gasteiger partial charge in [0, 0.05) is 24.5 Å².